The maximum atomic E-state index is 15.5. The van der Waals surface area contributed by atoms with Crippen molar-refractivity contribution in [3.8, 4) is 0 Å². The molecule has 1 aromatic carbocycles. The normalized spacial score (nSPS) is 24.8. The number of carbonyl (C=O) groups excluding carboxylic acids is 1. The highest BCUT2D eigenvalue weighted by atomic mass is 19.3. The topological polar surface area (TPSA) is 89.6 Å². The van der Waals surface area contributed by atoms with Gasteiger partial charge in [0.1, 0.15) is 17.3 Å². The van der Waals surface area contributed by atoms with E-state index in [0.29, 0.717) is 0 Å². The lowest BCUT2D eigenvalue weighted by Crippen LogP contribution is -2.72. The Balaban J connectivity index is 1.71. The molecule has 0 radical (unpaired) electrons. The number of hydrogen-bond acceptors (Lipinski definition) is 5. The van der Waals surface area contributed by atoms with E-state index in [4.69, 9.17) is 10.5 Å². The van der Waals surface area contributed by atoms with E-state index < -0.39 is 65.0 Å². The Bertz CT molecular complexity index is 1110. The fourth-order valence-electron chi connectivity index (χ4n) is 4.01. The number of rotatable bonds is 3. The Morgan fingerprint density at radius 2 is 1.81 bits per heavy atom. The van der Waals surface area contributed by atoms with Crippen molar-refractivity contribution in [3.63, 3.8) is 0 Å². The molecule has 1 fully saturated rings. The first-order chi connectivity index (χ1) is 14.8. The summed E-state index contributed by atoms with van der Waals surface area (Å²) in [6.45, 7) is 0.853. The third-order valence-corrected chi connectivity index (χ3v) is 5.61. The van der Waals surface area contributed by atoms with Gasteiger partial charge in [-0.15, -0.1) is 0 Å². The van der Waals surface area contributed by atoms with Gasteiger partial charge in [0.25, 0.3) is 17.9 Å². The number of anilines is 1. The van der Waals surface area contributed by atoms with Crippen LogP contribution in [0.15, 0.2) is 41.5 Å². The van der Waals surface area contributed by atoms with Crippen LogP contribution in [0.1, 0.15) is 35.8 Å². The summed E-state index contributed by atoms with van der Waals surface area (Å²) >= 11 is 0. The predicted molar refractivity (Wildman–Crippen MR) is 100 cm³/mol. The van der Waals surface area contributed by atoms with Crippen molar-refractivity contribution < 1.29 is 35.9 Å². The number of aromatic nitrogens is 1. The summed E-state index contributed by atoms with van der Waals surface area (Å²) in [5, 5.41) is 2.34. The van der Waals surface area contributed by atoms with Crippen LogP contribution in [0.3, 0.4) is 0 Å². The highest BCUT2D eigenvalue weighted by Gasteiger charge is 2.78. The fourth-order valence-corrected chi connectivity index (χ4v) is 4.01. The van der Waals surface area contributed by atoms with E-state index in [-0.39, 0.29) is 11.4 Å². The molecule has 170 valence electrons. The number of halogens is 6. The van der Waals surface area contributed by atoms with Gasteiger partial charge in [-0.05, 0) is 37.3 Å². The molecule has 0 bridgehead atoms. The van der Waals surface area contributed by atoms with Gasteiger partial charge in [0.05, 0.1) is 19.0 Å². The standard InChI is InChI=1S/C20H16F6N4O2/c1-17(20(25,26)18(32-16(27)30-17)8-19(23,24)9-18)12-6-11(3-4-13(12)22)29-15(31)14-5-2-10(21)7-28-14/h2-7H,8-9H2,1H3,(H2,27,30)(H,29,31). The van der Waals surface area contributed by atoms with Crippen molar-refractivity contribution in [2.45, 2.75) is 42.8 Å². The zero-order chi connectivity index (χ0) is 23.5. The molecule has 32 heavy (non-hydrogen) atoms. The number of benzene rings is 1. The second-order valence-electron chi connectivity index (χ2n) is 7.91. The van der Waals surface area contributed by atoms with Gasteiger partial charge >= 0.3 is 5.92 Å². The molecule has 1 amide bonds. The maximum absolute atomic E-state index is 15.5. The summed E-state index contributed by atoms with van der Waals surface area (Å²) in [5.41, 5.74) is -0.816. The van der Waals surface area contributed by atoms with Gasteiger partial charge in [-0.2, -0.15) is 8.78 Å². The van der Waals surface area contributed by atoms with E-state index >= 15 is 8.78 Å². The zero-order valence-electron chi connectivity index (χ0n) is 16.4. The molecule has 1 spiro atoms. The number of carbonyl (C=O) groups is 1. The van der Waals surface area contributed by atoms with E-state index in [0.717, 1.165) is 43.5 Å². The van der Waals surface area contributed by atoms with Gasteiger partial charge in [-0.3, -0.25) is 4.79 Å². The Kier molecular flexibility index (Phi) is 4.68. The number of hydrogen-bond donors (Lipinski definition) is 2. The van der Waals surface area contributed by atoms with Gasteiger partial charge in [-0.1, -0.05) is 0 Å². The van der Waals surface area contributed by atoms with Crippen LogP contribution >= 0.6 is 0 Å². The molecule has 0 saturated heterocycles. The second kappa shape index (κ2) is 6.84. The van der Waals surface area contributed by atoms with Gasteiger partial charge in [-0.25, -0.2) is 27.5 Å². The minimum atomic E-state index is -4.08. The van der Waals surface area contributed by atoms with Crippen molar-refractivity contribution >= 4 is 17.6 Å². The van der Waals surface area contributed by atoms with Gasteiger partial charge in [0, 0.05) is 11.3 Å². The number of nitrogens with one attached hydrogen (secondary N) is 1. The minimum Gasteiger partial charge on any atom is -0.452 e. The van der Waals surface area contributed by atoms with E-state index in [2.05, 4.69) is 15.3 Å². The molecule has 1 unspecified atom stereocenters. The lowest BCUT2D eigenvalue weighted by molar-refractivity contribution is -0.313. The zero-order valence-corrected chi connectivity index (χ0v) is 16.4. The summed E-state index contributed by atoms with van der Waals surface area (Å²) in [5.74, 6) is -10.1. The smallest absolute Gasteiger partial charge is 0.316 e. The fraction of sp³-hybridized carbons (Fsp3) is 0.350. The largest absolute Gasteiger partial charge is 0.452 e. The lowest BCUT2D eigenvalue weighted by Gasteiger charge is -2.56. The molecule has 1 aromatic heterocycles. The second-order valence-corrected chi connectivity index (χ2v) is 7.91. The molecule has 1 atom stereocenters. The quantitative estimate of drug-likeness (QED) is 0.682. The summed E-state index contributed by atoms with van der Waals surface area (Å²) in [6, 6.07) is 4.12. The number of aliphatic imine (C=N–C) groups is 1. The molecular formula is C20H16F6N4O2. The Hall–Kier alpha value is -3.31. The Morgan fingerprint density at radius 3 is 2.41 bits per heavy atom. The van der Waals surface area contributed by atoms with Gasteiger partial charge in [0.15, 0.2) is 11.1 Å². The molecule has 1 saturated carbocycles. The number of amidine groups is 1. The molecule has 2 heterocycles. The van der Waals surface area contributed by atoms with Crippen molar-refractivity contribution in [2.75, 3.05) is 5.32 Å². The number of alkyl halides is 4. The van der Waals surface area contributed by atoms with Crippen LogP contribution in [0.25, 0.3) is 0 Å². The molecule has 3 N–H and O–H groups in total. The maximum Gasteiger partial charge on any atom is 0.316 e. The van der Waals surface area contributed by atoms with Crippen molar-refractivity contribution in [3.05, 3.63) is 59.4 Å². The molecular weight excluding hydrogens is 442 g/mol. The third kappa shape index (κ3) is 3.24. The predicted octanol–water partition coefficient (Wildman–Crippen LogP) is 3.98. The van der Waals surface area contributed by atoms with Crippen LogP contribution in [0, 0.1) is 11.6 Å². The summed E-state index contributed by atoms with van der Waals surface area (Å²) in [6.07, 6.45) is -1.82. The Labute approximate surface area is 177 Å². The van der Waals surface area contributed by atoms with Crippen LogP contribution in [0.4, 0.5) is 32.0 Å². The van der Waals surface area contributed by atoms with E-state index in [1.54, 1.807) is 0 Å². The minimum absolute atomic E-state index is 0.109. The SMILES string of the molecule is CC1(c2cc(NC(=O)c3ccc(F)cn3)ccc2F)N=C(N)OC2(CC(F)(F)C2)C1(F)F. The first-order valence-corrected chi connectivity index (χ1v) is 9.32. The lowest BCUT2D eigenvalue weighted by atomic mass is 9.64. The van der Waals surface area contributed by atoms with Crippen LogP contribution in [0.2, 0.25) is 0 Å². The number of amides is 1. The van der Waals surface area contributed by atoms with Crippen molar-refractivity contribution in [1.29, 1.82) is 0 Å². The van der Waals surface area contributed by atoms with Crippen LogP contribution < -0.4 is 11.1 Å². The summed E-state index contributed by atoms with van der Waals surface area (Å²) in [7, 11) is 0. The highest BCUT2D eigenvalue weighted by molar-refractivity contribution is 6.02. The van der Waals surface area contributed by atoms with E-state index in [9.17, 15) is 22.4 Å². The van der Waals surface area contributed by atoms with E-state index in [1.165, 1.54) is 0 Å². The summed E-state index contributed by atoms with van der Waals surface area (Å²) < 4.78 is 90.6. The monoisotopic (exact) mass is 458 g/mol. The molecule has 1 aliphatic carbocycles. The van der Waals surface area contributed by atoms with Crippen molar-refractivity contribution in [2.24, 2.45) is 10.7 Å². The number of pyridine rings is 1. The average molecular weight is 458 g/mol. The first-order valence-electron chi connectivity index (χ1n) is 9.32. The third-order valence-electron chi connectivity index (χ3n) is 5.61. The van der Waals surface area contributed by atoms with Gasteiger partial charge in [0.2, 0.25) is 0 Å². The highest BCUT2D eigenvalue weighted by Crippen LogP contribution is 2.62. The van der Waals surface area contributed by atoms with Crippen LogP contribution in [0.5, 0.6) is 0 Å². The van der Waals surface area contributed by atoms with Crippen LogP contribution in [-0.2, 0) is 10.3 Å². The Morgan fingerprint density at radius 1 is 1.12 bits per heavy atom. The average Bonchev–Trinajstić information content (AvgIpc) is 2.66. The van der Waals surface area contributed by atoms with Gasteiger partial charge < -0.3 is 15.8 Å². The molecule has 6 nitrogen and oxygen atoms in total. The molecule has 2 aromatic rings. The number of ether oxygens (including phenoxy) is 1. The first kappa shape index (κ1) is 21.9. The molecule has 2 aliphatic rings. The molecule has 4 rings (SSSR count). The molecule has 1 aliphatic heterocycles. The molecule has 12 heteroatoms. The summed E-state index contributed by atoms with van der Waals surface area (Å²) in [4.78, 5) is 19.5. The van der Waals surface area contributed by atoms with E-state index in [1.807, 2.05) is 0 Å². The number of nitrogens with two attached hydrogens (primary N) is 1. The number of nitrogens with zero attached hydrogens (tertiary/aromatic N) is 2. The van der Waals surface area contributed by atoms with Crippen LogP contribution in [-0.4, -0.2) is 34.4 Å². The van der Waals surface area contributed by atoms with Crippen molar-refractivity contribution in [1.82, 2.24) is 4.98 Å².